The van der Waals surface area contributed by atoms with E-state index in [1.54, 1.807) is 0 Å². The molecule has 0 radical (unpaired) electrons. The van der Waals surface area contributed by atoms with Crippen LogP contribution < -0.4 is 0 Å². The van der Waals surface area contributed by atoms with Gasteiger partial charge in [0.25, 0.3) is 0 Å². The van der Waals surface area contributed by atoms with Gasteiger partial charge < -0.3 is 0 Å². The predicted molar refractivity (Wildman–Crippen MR) is 128 cm³/mol. The van der Waals surface area contributed by atoms with E-state index in [0.717, 1.165) is 77.0 Å². The molecule has 0 heterocycles. The molecular formula is C25H47O3P. The van der Waals surface area contributed by atoms with Crippen molar-refractivity contribution in [3.8, 4) is 0 Å². The van der Waals surface area contributed by atoms with Crippen molar-refractivity contribution in [1.29, 1.82) is 0 Å². The number of carbonyl (C=O) groups is 3. The first-order valence-corrected chi connectivity index (χ1v) is 12.9. The molecule has 0 saturated carbocycles. The molecule has 0 aliphatic rings. The normalized spacial score (nSPS) is 11.6. The smallest absolute Gasteiger partial charge is 0.158 e. The van der Waals surface area contributed by atoms with Crippen molar-refractivity contribution < 1.29 is 14.4 Å². The summed E-state index contributed by atoms with van der Waals surface area (Å²) in [5, 5.41) is -1.49. The summed E-state index contributed by atoms with van der Waals surface area (Å²) in [6.45, 7) is 6.49. The average molecular weight is 427 g/mol. The summed E-state index contributed by atoms with van der Waals surface area (Å²) < 4.78 is 0. The monoisotopic (exact) mass is 426 g/mol. The molecule has 0 fully saturated rings. The number of ketones is 3. The third-order valence-electron chi connectivity index (χ3n) is 5.84. The second-order valence-corrected chi connectivity index (χ2v) is 9.44. The summed E-state index contributed by atoms with van der Waals surface area (Å²) in [6, 6.07) is 0. The molecule has 0 bridgehead atoms. The lowest BCUT2D eigenvalue weighted by Gasteiger charge is -2.25. The molecule has 0 aliphatic carbocycles. The highest BCUT2D eigenvalue weighted by Gasteiger charge is 2.45. The Hall–Kier alpha value is -0.560. The van der Waals surface area contributed by atoms with Gasteiger partial charge in [-0.05, 0) is 19.3 Å². The van der Waals surface area contributed by atoms with E-state index in [1.807, 2.05) is 0 Å². The van der Waals surface area contributed by atoms with Crippen LogP contribution in [0.15, 0.2) is 0 Å². The molecule has 0 saturated heterocycles. The Kier molecular flexibility index (Phi) is 17.9. The van der Waals surface area contributed by atoms with E-state index in [0.29, 0.717) is 19.3 Å². The number of hydrogen-bond acceptors (Lipinski definition) is 3. The molecule has 170 valence electrons. The lowest BCUT2D eigenvalue weighted by atomic mass is 9.85. The van der Waals surface area contributed by atoms with Crippen LogP contribution in [0.3, 0.4) is 0 Å². The summed E-state index contributed by atoms with van der Waals surface area (Å²) in [6.07, 6.45) is 16.7. The number of unbranched alkanes of at least 4 members (excludes halogenated alkanes) is 12. The zero-order valence-electron chi connectivity index (χ0n) is 19.5. The van der Waals surface area contributed by atoms with Crippen LogP contribution in [0.5, 0.6) is 0 Å². The van der Waals surface area contributed by atoms with Crippen LogP contribution in [-0.4, -0.2) is 22.5 Å². The third-order valence-corrected chi connectivity index (χ3v) is 6.81. The molecule has 0 aliphatic heterocycles. The van der Waals surface area contributed by atoms with Crippen molar-refractivity contribution in [1.82, 2.24) is 0 Å². The summed E-state index contributed by atoms with van der Waals surface area (Å²) in [5.41, 5.74) is 0. The second-order valence-electron chi connectivity index (χ2n) is 8.57. The largest absolute Gasteiger partial charge is 0.298 e. The molecule has 0 aromatic rings. The fourth-order valence-electron chi connectivity index (χ4n) is 3.73. The topological polar surface area (TPSA) is 51.2 Å². The Labute approximate surface area is 182 Å². The minimum atomic E-state index is -1.49. The molecule has 4 heteroatoms. The molecule has 0 aromatic heterocycles. The van der Waals surface area contributed by atoms with Crippen LogP contribution in [0.4, 0.5) is 0 Å². The predicted octanol–water partition coefficient (Wildman–Crippen LogP) is 7.39. The fourth-order valence-corrected chi connectivity index (χ4v) is 4.16. The molecule has 29 heavy (non-hydrogen) atoms. The first-order chi connectivity index (χ1) is 13.9. The van der Waals surface area contributed by atoms with E-state index in [2.05, 4.69) is 30.0 Å². The molecule has 0 rings (SSSR count). The Morgan fingerprint density at radius 1 is 0.483 bits per heavy atom. The van der Waals surface area contributed by atoms with Crippen LogP contribution in [0, 0.1) is 0 Å². The van der Waals surface area contributed by atoms with E-state index < -0.39 is 5.16 Å². The van der Waals surface area contributed by atoms with Gasteiger partial charge in [-0.1, -0.05) is 97.8 Å². The molecule has 0 amide bonds. The van der Waals surface area contributed by atoms with Crippen molar-refractivity contribution in [2.75, 3.05) is 0 Å². The molecular weight excluding hydrogens is 379 g/mol. The summed E-state index contributed by atoms with van der Waals surface area (Å²) in [4.78, 5) is 39.0. The molecule has 0 aromatic carbocycles. The Morgan fingerprint density at radius 2 is 0.724 bits per heavy atom. The SMILES string of the molecule is CCCCCCCC(=O)C(P)(C(=O)CCCCCCC)C(=O)CCCCCCC. The number of Topliss-reactive ketones (excluding diaryl/α,β-unsaturated/α-hetero) is 3. The van der Waals surface area contributed by atoms with Gasteiger partial charge in [0.2, 0.25) is 0 Å². The van der Waals surface area contributed by atoms with Gasteiger partial charge in [0.15, 0.2) is 22.5 Å². The quantitative estimate of drug-likeness (QED) is 0.109. The lowest BCUT2D eigenvalue weighted by Crippen LogP contribution is -2.48. The Bertz CT molecular complexity index is 394. The van der Waals surface area contributed by atoms with Crippen molar-refractivity contribution in [2.24, 2.45) is 0 Å². The van der Waals surface area contributed by atoms with Crippen molar-refractivity contribution in [2.45, 2.75) is 142 Å². The van der Waals surface area contributed by atoms with Gasteiger partial charge in [-0.3, -0.25) is 14.4 Å². The molecule has 1 unspecified atom stereocenters. The second kappa shape index (κ2) is 18.2. The molecule has 3 nitrogen and oxygen atoms in total. The van der Waals surface area contributed by atoms with E-state index in [-0.39, 0.29) is 17.3 Å². The van der Waals surface area contributed by atoms with E-state index in [9.17, 15) is 14.4 Å². The zero-order chi connectivity index (χ0) is 22.0. The van der Waals surface area contributed by atoms with Crippen molar-refractivity contribution in [3.63, 3.8) is 0 Å². The summed E-state index contributed by atoms with van der Waals surface area (Å²) >= 11 is 0. The number of hydrogen-bond donors (Lipinski definition) is 0. The highest BCUT2D eigenvalue weighted by atomic mass is 31.0. The minimum Gasteiger partial charge on any atom is -0.298 e. The maximum Gasteiger partial charge on any atom is 0.158 e. The Morgan fingerprint density at radius 3 is 0.966 bits per heavy atom. The van der Waals surface area contributed by atoms with Crippen LogP contribution in [0.25, 0.3) is 0 Å². The van der Waals surface area contributed by atoms with Crippen LogP contribution in [-0.2, 0) is 14.4 Å². The molecule has 0 spiro atoms. The molecule has 0 N–H and O–H groups in total. The summed E-state index contributed by atoms with van der Waals surface area (Å²) in [7, 11) is 2.41. The average Bonchev–Trinajstić information content (AvgIpc) is 2.72. The molecule has 1 atom stereocenters. The van der Waals surface area contributed by atoms with Crippen molar-refractivity contribution >= 4 is 26.6 Å². The van der Waals surface area contributed by atoms with E-state index in [1.165, 1.54) is 19.3 Å². The summed E-state index contributed by atoms with van der Waals surface area (Å²) in [5.74, 6) is -0.511. The van der Waals surface area contributed by atoms with Crippen LogP contribution in [0.1, 0.15) is 136 Å². The first-order valence-electron chi connectivity index (χ1n) is 12.3. The Balaban J connectivity index is 4.83. The highest BCUT2D eigenvalue weighted by Crippen LogP contribution is 2.30. The van der Waals surface area contributed by atoms with Gasteiger partial charge in [-0.2, -0.15) is 0 Å². The van der Waals surface area contributed by atoms with Gasteiger partial charge in [-0.15, -0.1) is 9.24 Å². The van der Waals surface area contributed by atoms with Gasteiger partial charge >= 0.3 is 0 Å². The minimum absolute atomic E-state index is 0.170. The maximum atomic E-state index is 13.0. The van der Waals surface area contributed by atoms with E-state index in [4.69, 9.17) is 0 Å². The number of carbonyl (C=O) groups excluding carboxylic acids is 3. The maximum absolute atomic E-state index is 13.0. The standard InChI is InChI=1S/C25H47O3P/c1-4-7-10-13-16-19-22(26)25(29,23(27)20-17-14-11-8-5-2)24(28)21-18-15-12-9-6-3/h4-21,29H2,1-3H3. The van der Waals surface area contributed by atoms with Gasteiger partial charge in [0.1, 0.15) is 0 Å². The third kappa shape index (κ3) is 12.0. The van der Waals surface area contributed by atoms with Gasteiger partial charge in [-0.25, -0.2) is 0 Å². The van der Waals surface area contributed by atoms with Gasteiger partial charge in [0.05, 0.1) is 0 Å². The fraction of sp³-hybridized carbons (Fsp3) is 0.880. The van der Waals surface area contributed by atoms with Crippen LogP contribution >= 0.6 is 9.24 Å². The van der Waals surface area contributed by atoms with E-state index >= 15 is 0 Å². The highest BCUT2D eigenvalue weighted by molar-refractivity contribution is 7.26. The first kappa shape index (κ1) is 28.4. The van der Waals surface area contributed by atoms with Crippen LogP contribution in [0.2, 0.25) is 0 Å². The van der Waals surface area contributed by atoms with Gasteiger partial charge in [0, 0.05) is 19.3 Å². The van der Waals surface area contributed by atoms with Crippen molar-refractivity contribution in [3.05, 3.63) is 0 Å². The zero-order valence-corrected chi connectivity index (χ0v) is 20.7. The lowest BCUT2D eigenvalue weighted by molar-refractivity contribution is -0.137. The number of rotatable bonds is 21.